The van der Waals surface area contributed by atoms with Crippen LogP contribution in [0, 0.1) is 0 Å². The summed E-state index contributed by atoms with van der Waals surface area (Å²) in [4.78, 5) is 25.1. The third kappa shape index (κ3) is 5.00. The van der Waals surface area contributed by atoms with Gasteiger partial charge in [-0.05, 0) is 48.4 Å². The molecule has 0 spiro atoms. The smallest absolute Gasteiger partial charge is 0.416 e. The van der Waals surface area contributed by atoms with E-state index < -0.39 is 29.8 Å². The van der Waals surface area contributed by atoms with Gasteiger partial charge in [0, 0.05) is 35.6 Å². The predicted octanol–water partition coefficient (Wildman–Crippen LogP) is 4.62. The second-order valence-corrected chi connectivity index (χ2v) is 7.27. The minimum Gasteiger partial charge on any atom is -0.465 e. The molecular formula is C20H18ClF3N2O3. The van der Waals surface area contributed by atoms with Crippen LogP contribution in [-0.4, -0.2) is 41.1 Å². The fourth-order valence-electron chi connectivity index (χ4n) is 3.41. The van der Waals surface area contributed by atoms with Crippen molar-refractivity contribution in [1.82, 2.24) is 10.2 Å². The maximum absolute atomic E-state index is 12.8. The third-order valence-electron chi connectivity index (χ3n) is 4.97. The zero-order valence-electron chi connectivity index (χ0n) is 15.1. The van der Waals surface area contributed by atoms with E-state index in [1.54, 1.807) is 24.3 Å². The SMILES string of the molecule is O=C(NC1CCN(C(=O)O)CC1c1ccc(C(F)(F)F)cc1)c1ccc(Cl)cc1. The van der Waals surface area contributed by atoms with Gasteiger partial charge >= 0.3 is 12.3 Å². The lowest BCUT2D eigenvalue weighted by atomic mass is 9.85. The molecule has 2 atom stereocenters. The number of piperidine rings is 1. The van der Waals surface area contributed by atoms with Crippen LogP contribution in [0.5, 0.6) is 0 Å². The van der Waals surface area contributed by atoms with Crippen molar-refractivity contribution in [2.24, 2.45) is 0 Å². The summed E-state index contributed by atoms with van der Waals surface area (Å²) in [5, 5.41) is 12.7. The van der Waals surface area contributed by atoms with Crippen LogP contribution in [0.1, 0.15) is 33.8 Å². The number of rotatable bonds is 3. The molecule has 0 aliphatic carbocycles. The fraction of sp³-hybridized carbons (Fsp3) is 0.300. The highest BCUT2D eigenvalue weighted by Crippen LogP contribution is 2.33. The van der Waals surface area contributed by atoms with Crippen molar-refractivity contribution in [3.8, 4) is 0 Å². The highest BCUT2D eigenvalue weighted by Gasteiger charge is 2.35. The second-order valence-electron chi connectivity index (χ2n) is 6.83. The number of hydrogen-bond donors (Lipinski definition) is 2. The maximum Gasteiger partial charge on any atom is 0.416 e. The monoisotopic (exact) mass is 426 g/mol. The summed E-state index contributed by atoms with van der Waals surface area (Å²) >= 11 is 5.83. The van der Waals surface area contributed by atoms with Gasteiger partial charge in [0.25, 0.3) is 5.91 Å². The minimum atomic E-state index is -4.46. The van der Waals surface area contributed by atoms with Gasteiger partial charge in [-0.25, -0.2) is 4.79 Å². The molecule has 0 aromatic heterocycles. The average molecular weight is 427 g/mol. The Hall–Kier alpha value is -2.74. The Morgan fingerprint density at radius 2 is 1.69 bits per heavy atom. The van der Waals surface area contributed by atoms with Crippen LogP contribution in [0.25, 0.3) is 0 Å². The fourth-order valence-corrected chi connectivity index (χ4v) is 3.53. The van der Waals surface area contributed by atoms with E-state index in [4.69, 9.17) is 11.6 Å². The van der Waals surface area contributed by atoms with E-state index >= 15 is 0 Å². The van der Waals surface area contributed by atoms with Crippen molar-refractivity contribution in [2.75, 3.05) is 13.1 Å². The molecule has 0 radical (unpaired) electrons. The van der Waals surface area contributed by atoms with Crippen molar-refractivity contribution in [3.63, 3.8) is 0 Å². The van der Waals surface area contributed by atoms with Gasteiger partial charge in [-0.2, -0.15) is 13.2 Å². The standard InChI is InChI=1S/C20H18ClF3N2O3/c21-15-7-3-13(4-8-15)18(27)25-17-9-10-26(19(28)29)11-16(17)12-1-5-14(6-2-12)20(22,23)24/h1-8,16-17H,9-11H2,(H,25,27)(H,28,29). The van der Waals surface area contributed by atoms with Crippen molar-refractivity contribution in [2.45, 2.75) is 24.6 Å². The highest BCUT2D eigenvalue weighted by atomic mass is 35.5. The predicted molar refractivity (Wildman–Crippen MR) is 101 cm³/mol. The number of likely N-dealkylation sites (tertiary alicyclic amines) is 1. The summed E-state index contributed by atoms with van der Waals surface area (Å²) in [5.74, 6) is -0.828. The molecule has 2 N–H and O–H groups in total. The second kappa shape index (κ2) is 8.32. The molecule has 1 aliphatic heterocycles. The van der Waals surface area contributed by atoms with Crippen molar-refractivity contribution >= 4 is 23.6 Å². The van der Waals surface area contributed by atoms with Gasteiger partial charge in [0.05, 0.1) is 5.56 Å². The molecule has 1 saturated heterocycles. The number of alkyl halides is 3. The molecule has 0 saturated carbocycles. The summed E-state index contributed by atoms with van der Waals surface area (Å²) in [7, 11) is 0. The van der Waals surface area contributed by atoms with Crippen molar-refractivity contribution < 1.29 is 27.9 Å². The van der Waals surface area contributed by atoms with Gasteiger partial charge in [-0.3, -0.25) is 4.79 Å². The first-order valence-corrected chi connectivity index (χ1v) is 9.24. The number of carbonyl (C=O) groups is 2. The molecule has 1 heterocycles. The Bertz CT molecular complexity index is 885. The number of nitrogens with zero attached hydrogens (tertiary/aromatic N) is 1. The summed E-state index contributed by atoms with van der Waals surface area (Å²) in [6.45, 7) is 0.296. The van der Waals surface area contributed by atoms with Crippen LogP contribution < -0.4 is 5.32 Å². The van der Waals surface area contributed by atoms with E-state index in [0.717, 1.165) is 12.1 Å². The molecule has 2 aromatic rings. The zero-order valence-corrected chi connectivity index (χ0v) is 15.9. The van der Waals surface area contributed by atoms with Crippen LogP contribution in [0.4, 0.5) is 18.0 Å². The van der Waals surface area contributed by atoms with E-state index in [0.29, 0.717) is 22.6 Å². The Balaban J connectivity index is 1.83. The third-order valence-corrected chi connectivity index (χ3v) is 5.22. The minimum absolute atomic E-state index is 0.0757. The van der Waals surface area contributed by atoms with Gasteiger partial charge < -0.3 is 15.3 Å². The van der Waals surface area contributed by atoms with Crippen LogP contribution in [0.15, 0.2) is 48.5 Å². The molecular weight excluding hydrogens is 409 g/mol. The molecule has 2 aromatic carbocycles. The first-order chi connectivity index (χ1) is 13.6. The first-order valence-electron chi connectivity index (χ1n) is 8.86. The van der Waals surface area contributed by atoms with Gasteiger partial charge in [-0.15, -0.1) is 0 Å². The summed E-state index contributed by atoms with van der Waals surface area (Å²) < 4.78 is 38.5. The van der Waals surface area contributed by atoms with Gasteiger partial charge in [0.2, 0.25) is 0 Å². The highest BCUT2D eigenvalue weighted by molar-refractivity contribution is 6.30. The Labute approximate surface area is 170 Å². The molecule has 1 aliphatic rings. The van der Waals surface area contributed by atoms with Gasteiger partial charge in [-0.1, -0.05) is 23.7 Å². The quantitative estimate of drug-likeness (QED) is 0.752. The van der Waals surface area contributed by atoms with E-state index in [2.05, 4.69) is 5.32 Å². The van der Waals surface area contributed by atoms with E-state index in [1.807, 2.05) is 0 Å². The summed E-state index contributed by atoms with van der Waals surface area (Å²) in [5.41, 5.74) is 0.139. The molecule has 1 fully saturated rings. The van der Waals surface area contributed by atoms with Crippen molar-refractivity contribution in [3.05, 3.63) is 70.2 Å². The Morgan fingerprint density at radius 1 is 1.07 bits per heavy atom. The van der Waals surface area contributed by atoms with E-state index in [9.17, 15) is 27.9 Å². The normalized spacial score (nSPS) is 19.7. The number of nitrogens with one attached hydrogen (secondary N) is 1. The largest absolute Gasteiger partial charge is 0.465 e. The molecule has 5 nitrogen and oxygen atoms in total. The van der Waals surface area contributed by atoms with Crippen LogP contribution >= 0.6 is 11.6 Å². The number of carboxylic acid groups (broad SMARTS) is 1. The average Bonchev–Trinajstić information content (AvgIpc) is 2.68. The number of amides is 2. The molecule has 2 unspecified atom stereocenters. The Morgan fingerprint density at radius 3 is 2.24 bits per heavy atom. The zero-order chi connectivity index (χ0) is 21.2. The van der Waals surface area contributed by atoms with E-state index in [-0.39, 0.29) is 19.0 Å². The van der Waals surface area contributed by atoms with Crippen LogP contribution in [0.3, 0.4) is 0 Å². The lowest BCUT2D eigenvalue weighted by molar-refractivity contribution is -0.137. The topological polar surface area (TPSA) is 69.6 Å². The number of carbonyl (C=O) groups excluding carboxylic acids is 1. The molecule has 2 amide bonds. The Kier molecular flexibility index (Phi) is 6.02. The molecule has 29 heavy (non-hydrogen) atoms. The molecule has 3 rings (SSSR count). The van der Waals surface area contributed by atoms with Gasteiger partial charge in [0.15, 0.2) is 0 Å². The number of halogens is 4. The van der Waals surface area contributed by atoms with Crippen LogP contribution in [-0.2, 0) is 6.18 Å². The lowest BCUT2D eigenvalue weighted by Crippen LogP contribution is -2.51. The number of hydrogen-bond acceptors (Lipinski definition) is 2. The van der Waals surface area contributed by atoms with Crippen molar-refractivity contribution in [1.29, 1.82) is 0 Å². The van der Waals surface area contributed by atoms with E-state index in [1.165, 1.54) is 17.0 Å². The lowest BCUT2D eigenvalue weighted by Gasteiger charge is -2.38. The van der Waals surface area contributed by atoms with Crippen LogP contribution in [0.2, 0.25) is 5.02 Å². The summed E-state index contributed by atoms with van der Waals surface area (Å²) in [6, 6.07) is 10.5. The molecule has 9 heteroatoms. The molecule has 154 valence electrons. The van der Waals surface area contributed by atoms with Gasteiger partial charge in [0.1, 0.15) is 0 Å². The summed E-state index contributed by atoms with van der Waals surface area (Å²) in [6.07, 6.45) is -5.22. The first kappa shape index (κ1) is 21.0. The maximum atomic E-state index is 12.8. The molecule has 0 bridgehead atoms. The number of benzene rings is 2.